The predicted octanol–water partition coefficient (Wildman–Crippen LogP) is 6.22. The lowest BCUT2D eigenvalue weighted by atomic mass is 10.1. The Kier molecular flexibility index (Phi) is 11.4. The van der Waals surface area contributed by atoms with E-state index in [1.807, 2.05) is 20.8 Å². The molecule has 0 bridgehead atoms. The normalized spacial score (nSPS) is 12.0. The average molecular weight is 605 g/mol. The van der Waals surface area contributed by atoms with Gasteiger partial charge in [0.2, 0.25) is 11.8 Å². The molecule has 3 aromatic rings. The van der Waals surface area contributed by atoms with Gasteiger partial charge in [-0.1, -0.05) is 85.4 Å². The van der Waals surface area contributed by atoms with Gasteiger partial charge >= 0.3 is 0 Å². The summed E-state index contributed by atoms with van der Waals surface area (Å²) in [5.41, 5.74) is 1.88. The van der Waals surface area contributed by atoms with Crippen LogP contribution in [0.2, 0.25) is 10.0 Å². The SMILES string of the molecule is CCCCNC(=O)[C@H](CC)N(Cc1ccc(Cl)cc1Cl)C(=O)CN(c1ccc(C)cc1)S(=O)(=O)c1ccccc1. The molecule has 40 heavy (non-hydrogen) atoms. The van der Waals surface area contributed by atoms with E-state index in [0.717, 1.165) is 22.7 Å². The van der Waals surface area contributed by atoms with Crippen molar-refractivity contribution in [2.75, 3.05) is 17.4 Å². The minimum absolute atomic E-state index is 0.00165. The molecule has 7 nitrogen and oxygen atoms in total. The number of nitrogens with one attached hydrogen (secondary N) is 1. The predicted molar refractivity (Wildman–Crippen MR) is 161 cm³/mol. The number of hydrogen-bond donors (Lipinski definition) is 1. The molecule has 0 aliphatic heterocycles. The van der Waals surface area contributed by atoms with Crippen LogP contribution < -0.4 is 9.62 Å². The number of carbonyl (C=O) groups is 2. The summed E-state index contributed by atoms with van der Waals surface area (Å²) in [4.78, 5) is 28.8. The fraction of sp³-hybridized carbons (Fsp3) is 0.333. The summed E-state index contributed by atoms with van der Waals surface area (Å²) in [5.74, 6) is -0.842. The minimum Gasteiger partial charge on any atom is -0.354 e. The van der Waals surface area contributed by atoms with Gasteiger partial charge in [0.1, 0.15) is 12.6 Å². The molecule has 0 heterocycles. The van der Waals surface area contributed by atoms with E-state index < -0.39 is 28.5 Å². The number of benzene rings is 3. The molecule has 1 atom stereocenters. The van der Waals surface area contributed by atoms with Crippen molar-refractivity contribution < 1.29 is 18.0 Å². The zero-order chi connectivity index (χ0) is 29.3. The molecule has 3 rings (SSSR count). The molecule has 0 saturated carbocycles. The van der Waals surface area contributed by atoms with E-state index in [2.05, 4.69) is 5.32 Å². The number of aryl methyl sites for hydroxylation is 1. The highest BCUT2D eigenvalue weighted by Crippen LogP contribution is 2.27. The van der Waals surface area contributed by atoms with Gasteiger partial charge in [0.15, 0.2) is 0 Å². The molecular formula is C30H35Cl2N3O4S. The van der Waals surface area contributed by atoms with Gasteiger partial charge in [-0.2, -0.15) is 0 Å². The maximum absolute atomic E-state index is 14.1. The number of unbranched alkanes of at least 4 members (excludes halogenated alkanes) is 1. The van der Waals surface area contributed by atoms with Gasteiger partial charge in [0.05, 0.1) is 10.6 Å². The maximum Gasteiger partial charge on any atom is 0.264 e. The third kappa shape index (κ3) is 7.99. The van der Waals surface area contributed by atoms with Crippen LogP contribution in [0.3, 0.4) is 0 Å². The summed E-state index contributed by atoms with van der Waals surface area (Å²) in [6.45, 7) is 5.70. The lowest BCUT2D eigenvalue weighted by Crippen LogP contribution is -2.52. The number of nitrogens with zero attached hydrogens (tertiary/aromatic N) is 2. The highest BCUT2D eigenvalue weighted by Gasteiger charge is 2.33. The third-order valence-electron chi connectivity index (χ3n) is 6.50. The van der Waals surface area contributed by atoms with Crippen LogP contribution in [0.25, 0.3) is 0 Å². The molecule has 1 N–H and O–H groups in total. The Bertz CT molecular complexity index is 1400. The zero-order valence-corrected chi connectivity index (χ0v) is 25.3. The second kappa shape index (κ2) is 14.5. The van der Waals surface area contributed by atoms with E-state index in [1.54, 1.807) is 60.7 Å². The van der Waals surface area contributed by atoms with Crippen LogP contribution in [0.5, 0.6) is 0 Å². The Morgan fingerprint density at radius 2 is 1.62 bits per heavy atom. The quantitative estimate of drug-likeness (QED) is 0.235. The summed E-state index contributed by atoms with van der Waals surface area (Å²) in [6.07, 6.45) is 2.03. The summed E-state index contributed by atoms with van der Waals surface area (Å²) >= 11 is 12.5. The van der Waals surface area contributed by atoms with Crippen LogP contribution in [-0.4, -0.2) is 44.3 Å². The number of anilines is 1. The van der Waals surface area contributed by atoms with E-state index in [0.29, 0.717) is 34.3 Å². The van der Waals surface area contributed by atoms with Crippen molar-refractivity contribution in [3.63, 3.8) is 0 Å². The van der Waals surface area contributed by atoms with Crippen LogP contribution in [-0.2, 0) is 26.2 Å². The highest BCUT2D eigenvalue weighted by atomic mass is 35.5. The Balaban J connectivity index is 2.04. The fourth-order valence-corrected chi connectivity index (χ4v) is 6.12. The van der Waals surface area contributed by atoms with Crippen molar-refractivity contribution in [2.45, 2.75) is 57.5 Å². The van der Waals surface area contributed by atoms with Crippen LogP contribution in [0, 0.1) is 6.92 Å². The second-order valence-electron chi connectivity index (χ2n) is 9.49. The maximum atomic E-state index is 14.1. The van der Waals surface area contributed by atoms with Gasteiger partial charge in [0.25, 0.3) is 10.0 Å². The number of rotatable bonds is 13. The molecule has 2 amide bonds. The van der Waals surface area contributed by atoms with Crippen molar-refractivity contribution in [3.8, 4) is 0 Å². The lowest BCUT2D eigenvalue weighted by Gasteiger charge is -2.33. The van der Waals surface area contributed by atoms with E-state index in [1.165, 1.54) is 17.0 Å². The molecule has 0 unspecified atom stereocenters. The first-order valence-electron chi connectivity index (χ1n) is 13.2. The van der Waals surface area contributed by atoms with Crippen molar-refractivity contribution in [1.82, 2.24) is 10.2 Å². The molecule has 0 saturated heterocycles. The molecule has 0 aromatic heterocycles. The molecule has 214 valence electrons. The van der Waals surface area contributed by atoms with Gasteiger partial charge in [-0.15, -0.1) is 0 Å². The second-order valence-corrected chi connectivity index (χ2v) is 12.2. The summed E-state index contributed by atoms with van der Waals surface area (Å²) in [7, 11) is -4.11. The number of hydrogen-bond acceptors (Lipinski definition) is 4. The number of sulfonamides is 1. The lowest BCUT2D eigenvalue weighted by molar-refractivity contribution is -0.140. The van der Waals surface area contributed by atoms with Crippen LogP contribution in [0.1, 0.15) is 44.2 Å². The Hall–Kier alpha value is -3.07. The van der Waals surface area contributed by atoms with Gasteiger partial charge in [-0.05, 0) is 61.7 Å². The Morgan fingerprint density at radius 1 is 0.950 bits per heavy atom. The smallest absolute Gasteiger partial charge is 0.264 e. The van der Waals surface area contributed by atoms with Gasteiger partial charge in [0, 0.05) is 23.1 Å². The fourth-order valence-electron chi connectivity index (χ4n) is 4.22. The van der Waals surface area contributed by atoms with Gasteiger partial charge < -0.3 is 10.2 Å². The zero-order valence-electron chi connectivity index (χ0n) is 22.9. The standard InChI is InChI=1S/C30H35Cl2N3O4S/c1-4-6-18-33-30(37)28(5-2)34(20-23-14-15-24(31)19-27(23)32)29(36)21-35(25-16-12-22(3)13-17-25)40(38,39)26-10-8-7-9-11-26/h7-17,19,28H,4-6,18,20-21H2,1-3H3,(H,33,37)/t28-/m0/s1. The molecular weight excluding hydrogens is 569 g/mol. The largest absolute Gasteiger partial charge is 0.354 e. The van der Waals surface area contributed by atoms with Crippen LogP contribution >= 0.6 is 23.2 Å². The molecule has 0 aliphatic rings. The number of amides is 2. The van der Waals surface area contributed by atoms with E-state index >= 15 is 0 Å². The van der Waals surface area contributed by atoms with E-state index in [9.17, 15) is 18.0 Å². The van der Waals surface area contributed by atoms with Crippen molar-refractivity contribution in [1.29, 1.82) is 0 Å². The van der Waals surface area contributed by atoms with E-state index in [4.69, 9.17) is 23.2 Å². The van der Waals surface area contributed by atoms with Gasteiger partial charge in [-0.25, -0.2) is 8.42 Å². The Morgan fingerprint density at radius 3 is 2.23 bits per heavy atom. The summed E-state index contributed by atoms with van der Waals surface area (Å²) in [6, 6.07) is 19.0. The molecule has 0 fully saturated rings. The monoisotopic (exact) mass is 603 g/mol. The van der Waals surface area contributed by atoms with Crippen LogP contribution in [0.4, 0.5) is 5.69 Å². The third-order valence-corrected chi connectivity index (χ3v) is 8.88. The minimum atomic E-state index is -4.11. The highest BCUT2D eigenvalue weighted by molar-refractivity contribution is 7.92. The molecule has 10 heteroatoms. The molecule has 0 spiro atoms. The van der Waals surface area contributed by atoms with Crippen molar-refractivity contribution in [2.24, 2.45) is 0 Å². The first kappa shape index (κ1) is 31.5. The topological polar surface area (TPSA) is 86.8 Å². The first-order chi connectivity index (χ1) is 19.1. The molecule has 0 aliphatic carbocycles. The Labute approximate surface area is 247 Å². The summed E-state index contributed by atoms with van der Waals surface area (Å²) in [5, 5.41) is 3.69. The number of halogens is 2. The summed E-state index contributed by atoms with van der Waals surface area (Å²) < 4.78 is 28.7. The molecule has 0 radical (unpaired) electrons. The van der Waals surface area contributed by atoms with Crippen LogP contribution in [0.15, 0.2) is 77.7 Å². The number of carbonyl (C=O) groups excluding carboxylic acids is 2. The van der Waals surface area contributed by atoms with Crippen molar-refractivity contribution >= 4 is 50.7 Å². The molecule has 3 aromatic carbocycles. The van der Waals surface area contributed by atoms with E-state index in [-0.39, 0.29) is 17.3 Å². The van der Waals surface area contributed by atoms with Gasteiger partial charge in [-0.3, -0.25) is 13.9 Å². The first-order valence-corrected chi connectivity index (χ1v) is 15.4. The van der Waals surface area contributed by atoms with Crippen molar-refractivity contribution in [3.05, 3.63) is 94.0 Å². The average Bonchev–Trinajstić information content (AvgIpc) is 2.93.